The molecule has 5 rings (SSSR count). The fourth-order valence-electron chi connectivity index (χ4n) is 7.87. The van der Waals surface area contributed by atoms with Gasteiger partial charge in [0.05, 0.1) is 41.3 Å². The Hall–Kier alpha value is -3.55. The molecule has 2 aromatic carbocycles. The molecule has 3 aliphatic rings. The number of methoxy groups -OCH3 is 1. The number of rotatable bonds is 19. The Labute approximate surface area is 318 Å². The molecule has 3 heterocycles. The summed E-state index contributed by atoms with van der Waals surface area (Å²) in [6.07, 6.45) is 4.20. The predicted molar refractivity (Wildman–Crippen MR) is 201 cm³/mol. The lowest BCUT2D eigenvalue weighted by molar-refractivity contribution is -0.163. The van der Waals surface area contributed by atoms with Crippen LogP contribution in [-0.2, 0) is 33.4 Å². The van der Waals surface area contributed by atoms with Gasteiger partial charge in [0.25, 0.3) is 5.91 Å². The van der Waals surface area contributed by atoms with E-state index in [0.717, 1.165) is 0 Å². The van der Waals surface area contributed by atoms with Crippen LogP contribution in [0.5, 0.6) is 0 Å². The molecule has 52 heavy (non-hydrogen) atoms. The van der Waals surface area contributed by atoms with Gasteiger partial charge < -0.3 is 34.4 Å². The lowest BCUT2D eigenvalue weighted by Gasteiger charge is -2.37. The number of aliphatic hydroxyl groups is 1. The number of para-hydroxylation sites is 1. The Bertz CT molecular complexity index is 1610. The Balaban J connectivity index is 1.52. The summed E-state index contributed by atoms with van der Waals surface area (Å²) >= 11 is 10.3. The molecule has 2 N–H and O–H groups in total. The summed E-state index contributed by atoms with van der Waals surface area (Å²) in [7, 11) is 1.50. The largest absolute Gasteiger partial charge is 0.455 e. The number of nitrogens with zero attached hydrogens (tertiary/aromatic N) is 2. The molecule has 8 atom stereocenters. The lowest BCUT2D eigenvalue weighted by Crippen LogP contribution is -2.57. The normalized spacial score (nSPS) is 25.7. The molecule has 0 aliphatic carbocycles. The molecule has 0 saturated carbocycles. The second kappa shape index (κ2) is 18.0. The molecule has 11 nitrogen and oxygen atoms in total. The third kappa shape index (κ3) is 8.01. The maximum atomic E-state index is 14.9. The number of fused-ring (bicyclic) bond motifs is 1. The van der Waals surface area contributed by atoms with Gasteiger partial charge in [-0.05, 0) is 49.8 Å². The van der Waals surface area contributed by atoms with Gasteiger partial charge in [0.15, 0.2) is 0 Å². The van der Waals surface area contributed by atoms with Gasteiger partial charge in [-0.15, -0.1) is 13.2 Å². The van der Waals surface area contributed by atoms with E-state index in [1.807, 2.05) is 18.2 Å². The number of aliphatic hydroxyl groups excluding tert-OH is 1. The number of anilines is 1. The number of carbonyl (C=O) groups is 4. The average molecular weight is 801 g/mol. The number of nitrogens with one attached hydrogen (secondary N) is 1. The maximum Gasteiger partial charge on any atom is 0.313 e. The maximum absolute atomic E-state index is 14.9. The van der Waals surface area contributed by atoms with E-state index in [0.29, 0.717) is 48.4 Å². The van der Waals surface area contributed by atoms with Crippen molar-refractivity contribution in [3.8, 4) is 0 Å². The van der Waals surface area contributed by atoms with Gasteiger partial charge in [0.2, 0.25) is 11.8 Å². The topological polar surface area (TPSA) is 135 Å². The third-order valence-electron chi connectivity index (χ3n) is 10.1. The molecule has 280 valence electrons. The molecule has 0 aromatic heterocycles. The van der Waals surface area contributed by atoms with Gasteiger partial charge >= 0.3 is 5.97 Å². The second-order valence-corrected chi connectivity index (χ2v) is 15.0. The third-order valence-corrected chi connectivity index (χ3v) is 11.2. The van der Waals surface area contributed by atoms with Crippen molar-refractivity contribution >= 4 is 56.9 Å². The summed E-state index contributed by atoms with van der Waals surface area (Å²) in [6, 6.07) is 14.2. The van der Waals surface area contributed by atoms with Crippen molar-refractivity contribution in [3.05, 3.63) is 90.5 Å². The van der Waals surface area contributed by atoms with Gasteiger partial charge in [-0.3, -0.25) is 19.2 Å². The molecule has 3 fully saturated rings. The molecular weight excluding hydrogens is 754 g/mol. The van der Waals surface area contributed by atoms with E-state index in [-0.39, 0.29) is 49.4 Å². The van der Waals surface area contributed by atoms with Crippen LogP contribution in [0, 0.1) is 11.8 Å². The zero-order valence-corrected chi connectivity index (χ0v) is 31.7. The predicted octanol–water partition coefficient (Wildman–Crippen LogP) is 5.15. The summed E-state index contributed by atoms with van der Waals surface area (Å²) in [5.41, 5.74) is -0.251. The minimum Gasteiger partial charge on any atom is -0.455 e. The van der Waals surface area contributed by atoms with Crippen LogP contribution in [-0.4, -0.2) is 95.7 Å². The molecule has 0 radical (unpaired) electrons. The number of hydrogen-bond acceptors (Lipinski definition) is 8. The van der Waals surface area contributed by atoms with Crippen molar-refractivity contribution in [2.75, 3.05) is 38.3 Å². The first kappa shape index (κ1) is 39.7. The first-order valence-corrected chi connectivity index (χ1v) is 19.0. The number of allylic oxidation sites excluding steroid dienone is 1. The molecule has 1 spiro atoms. The van der Waals surface area contributed by atoms with E-state index in [9.17, 15) is 24.3 Å². The Morgan fingerprint density at radius 2 is 1.87 bits per heavy atom. The van der Waals surface area contributed by atoms with E-state index >= 15 is 0 Å². The van der Waals surface area contributed by atoms with Crippen molar-refractivity contribution in [3.63, 3.8) is 0 Å². The summed E-state index contributed by atoms with van der Waals surface area (Å²) < 4.78 is 18.5. The summed E-state index contributed by atoms with van der Waals surface area (Å²) in [4.78, 5) is 59.7. The molecule has 2 bridgehead atoms. The van der Waals surface area contributed by atoms with Crippen molar-refractivity contribution in [2.24, 2.45) is 11.8 Å². The van der Waals surface area contributed by atoms with Crippen LogP contribution in [0.4, 0.5) is 5.69 Å². The SMILES string of the molecule is C=CCCC(=O)N[C@H](COC)[C@H](OC(=O)[C@@H]1[C@H]2O[C@@]3(CC2Br)[C@H](C(=O)N(CC=C)c2ccccc2Cl)N(CCCCCO)C(=O)[C@@H]13)c1ccccc1. The fourth-order valence-corrected chi connectivity index (χ4v) is 9.05. The number of amides is 3. The molecule has 3 saturated heterocycles. The van der Waals surface area contributed by atoms with Gasteiger partial charge in [0, 0.05) is 38.1 Å². The number of hydrogen-bond donors (Lipinski definition) is 2. The number of benzene rings is 2. The number of alkyl halides is 1. The van der Waals surface area contributed by atoms with E-state index in [4.69, 9.17) is 25.8 Å². The van der Waals surface area contributed by atoms with Crippen LogP contribution in [0.25, 0.3) is 0 Å². The van der Waals surface area contributed by atoms with Crippen molar-refractivity contribution in [2.45, 2.75) is 73.2 Å². The molecule has 13 heteroatoms. The highest BCUT2D eigenvalue weighted by Crippen LogP contribution is 2.60. The van der Waals surface area contributed by atoms with Crippen LogP contribution >= 0.6 is 27.5 Å². The zero-order chi connectivity index (χ0) is 37.4. The Morgan fingerprint density at radius 3 is 2.54 bits per heavy atom. The number of unbranched alkanes of at least 4 members (excludes halogenated alkanes) is 2. The highest BCUT2D eigenvalue weighted by Gasteiger charge is 2.77. The smallest absolute Gasteiger partial charge is 0.313 e. The highest BCUT2D eigenvalue weighted by atomic mass is 79.9. The van der Waals surface area contributed by atoms with Gasteiger partial charge in [-0.2, -0.15) is 0 Å². The standard InChI is InChI=1S/C39H47BrClN3O8/c1-4-6-19-30(46)42-28(24-50-3)33(25-15-9-7-10-16-25)51-38(49)31-32-36(47)44(21-13-8-14-22-45)35(39(32)23-26(40)34(31)52-39)37(48)43(20-5-2)29-18-12-11-17-27(29)41/h4-5,7,9-12,15-18,26,28,31-35,45H,1-2,6,8,13-14,19-24H2,3H3,(H,42,46)/t26?,28-,31+,32-,33-,34+,35+,39-/m1/s1. The van der Waals surface area contributed by atoms with Gasteiger partial charge in [0.1, 0.15) is 17.7 Å². The minimum absolute atomic E-state index is 0.00775. The highest BCUT2D eigenvalue weighted by molar-refractivity contribution is 9.09. The van der Waals surface area contributed by atoms with E-state index in [2.05, 4.69) is 34.4 Å². The average Bonchev–Trinajstić information content (AvgIpc) is 3.73. The van der Waals surface area contributed by atoms with E-state index < -0.39 is 53.6 Å². The van der Waals surface area contributed by atoms with E-state index in [1.165, 1.54) is 12.0 Å². The number of ether oxygens (including phenoxy) is 3. The minimum atomic E-state index is -1.35. The van der Waals surface area contributed by atoms with Crippen LogP contribution in [0.15, 0.2) is 79.9 Å². The quantitative estimate of drug-likeness (QED) is 0.0863. The molecular formula is C39H47BrClN3O8. The van der Waals surface area contributed by atoms with Crippen molar-refractivity contribution in [1.82, 2.24) is 10.2 Å². The van der Waals surface area contributed by atoms with Crippen molar-refractivity contribution in [1.29, 1.82) is 0 Å². The number of esters is 1. The molecule has 2 aromatic rings. The Morgan fingerprint density at radius 1 is 1.13 bits per heavy atom. The summed E-state index contributed by atoms with van der Waals surface area (Å²) in [5, 5.41) is 12.7. The summed E-state index contributed by atoms with van der Waals surface area (Å²) in [6.45, 7) is 7.95. The molecule has 3 aliphatic heterocycles. The van der Waals surface area contributed by atoms with Crippen LogP contribution in [0.3, 0.4) is 0 Å². The lowest BCUT2D eigenvalue weighted by atomic mass is 9.70. The molecule has 1 unspecified atom stereocenters. The van der Waals surface area contributed by atoms with Crippen LogP contribution < -0.4 is 10.2 Å². The van der Waals surface area contributed by atoms with Crippen LogP contribution in [0.2, 0.25) is 5.02 Å². The van der Waals surface area contributed by atoms with E-state index in [1.54, 1.807) is 53.5 Å². The number of carbonyl (C=O) groups excluding carboxylic acids is 4. The number of likely N-dealkylation sites (tertiary alicyclic amines) is 1. The molecule has 3 amide bonds. The summed E-state index contributed by atoms with van der Waals surface area (Å²) in [5.74, 6) is -3.76. The zero-order valence-electron chi connectivity index (χ0n) is 29.3. The van der Waals surface area contributed by atoms with Crippen LogP contribution in [0.1, 0.15) is 50.2 Å². The fraction of sp³-hybridized carbons (Fsp3) is 0.487. The first-order chi connectivity index (χ1) is 25.1. The van der Waals surface area contributed by atoms with Crippen molar-refractivity contribution < 1.29 is 38.5 Å². The monoisotopic (exact) mass is 799 g/mol. The Kier molecular flexibility index (Phi) is 13.7. The second-order valence-electron chi connectivity index (χ2n) is 13.4. The first-order valence-electron chi connectivity index (χ1n) is 17.7. The number of halogens is 2. The van der Waals surface area contributed by atoms with Gasteiger partial charge in [-0.1, -0.05) is 82.1 Å². The van der Waals surface area contributed by atoms with Gasteiger partial charge in [-0.25, -0.2) is 0 Å².